The molecule has 1 aromatic heterocycles. The molecule has 1 heterocycles. The molecule has 0 radical (unpaired) electrons. The maximum atomic E-state index is 6.97. The van der Waals surface area contributed by atoms with Crippen LogP contribution in [0.1, 0.15) is 0 Å². The molecule has 3 rings (SSSR count). The van der Waals surface area contributed by atoms with Gasteiger partial charge in [0.2, 0.25) is 0 Å². The highest BCUT2D eigenvalue weighted by Gasteiger charge is 2.03. The molecule has 2 heteroatoms. The molecule has 0 fully saturated rings. The summed E-state index contributed by atoms with van der Waals surface area (Å²) in [4.78, 5) is 8.09. The summed E-state index contributed by atoms with van der Waals surface area (Å²) in [6.45, 7) is 6.97. The fourth-order valence-electron chi connectivity index (χ4n) is 2.07. The van der Waals surface area contributed by atoms with Crippen molar-refractivity contribution in [3.63, 3.8) is 0 Å². The first-order valence-electron chi connectivity index (χ1n) is 6.37. The van der Waals surface area contributed by atoms with E-state index in [0.717, 1.165) is 22.5 Å². The van der Waals surface area contributed by atoms with E-state index in [1.807, 2.05) is 72.8 Å². The van der Waals surface area contributed by atoms with Gasteiger partial charge in [0.05, 0.1) is 18.0 Å². The summed E-state index contributed by atoms with van der Waals surface area (Å²) >= 11 is 0. The molecule has 0 aliphatic rings. The molecular formula is C18H12N2. The van der Waals surface area contributed by atoms with Crippen LogP contribution < -0.4 is 0 Å². The van der Waals surface area contributed by atoms with Crippen molar-refractivity contribution in [1.29, 1.82) is 0 Å². The van der Waals surface area contributed by atoms with E-state index in [1.54, 1.807) is 0 Å². The highest BCUT2D eigenvalue weighted by molar-refractivity contribution is 5.67. The van der Waals surface area contributed by atoms with Gasteiger partial charge >= 0.3 is 0 Å². The average molecular weight is 256 g/mol. The normalized spacial score (nSPS) is 9.95. The van der Waals surface area contributed by atoms with Crippen LogP contribution in [-0.2, 0) is 0 Å². The Morgan fingerprint density at radius 3 is 1.85 bits per heavy atom. The minimum absolute atomic E-state index is 0.646. The van der Waals surface area contributed by atoms with Gasteiger partial charge in [0.1, 0.15) is 0 Å². The number of nitrogens with zero attached hydrogens (tertiary/aromatic N) is 2. The van der Waals surface area contributed by atoms with E-state index in [-0.39, 0.29) is 0 Å². The standard InChI is InChI=1S/C18H12N2/c1-19-16-12-10-15(11-13-16)18-9-5-8-17(20-18)14-6-3-2-4-7-14/h2-13H. The van der Waals surface area contributed by atoms with E-state index < -0.39 is 0 Å². The monoisotopic (exact) mass is 256 g/mol. The second kappa shape index (κ2) is 5.38. The molecule has 0 amide bonds. The molecule has 0 unspecified atom stereocenters. The lowest BCUT2D eigenvalue weighted by atomic mass is 10.1. The first kappa shape index (κ1) is 12.1. The van der Waals surface area contributed by atoms with Crippen LogP contribution in [0.3, 0.4) is 0 Å². The van der Waals surface area contributed by atoms with Gasteiger partial charge in [-0.25, -0.2) is 9.83 Å². The summed E-state index contributed by atoms with van der Waals surface area (Å²) in [6, 6.07) is 23.6. The first-order valence-corrected chi connectivity index (χ1v) is 6.37. The van der Waals surface area contributed by atoms with Crippen molar-refractivity contribution >= 4 is 5.69 Å². The third kappa shape index (κ3) is 2.43. The van der Waals surface area contributed by atoms with Gasteiger partial charge in [-0.3, -0.25) is 0 Å². The number of aromatic nitrogens is 1. The fraction of sp³-hybridized carbons (Fsp3) is 0. The van der Waals surface area contributed by atoms with Crippen LogP contribution in [-0.4, -0.2) is 4.98 Å². The Balaban J connectivity index is 2.01. The lowest BCUT2D eigenvalue weighted by Gasteiger charge is -2.05. The van der Waals surface area contributed by atoms with E-state index in [4.69, 9.17) is 11.6 Å². The van der Waals surface area contributed by atoms with Crippen LogP contribution in [0, 0.1) is 6.57 Å². The van der Waals surface area contributed by atoms with E-state index in [9.17, 15) is 0 Å². The largest absolute Gasteiger partial charge is 0.248 e. The Morgan fingerprint density at radius 2 is 1.25 bits per heavy atom. The zero-order valence-corrected chi connectivity index (χ0v) is 10.8. The van der Waals surface area contributed by atoms with Crippen LogP contribution >= 0.6 is 0 Å². The van der Waals surface area contributed by atoms with E-state index in [2.05, 4.69) is 4.85 Å². The number of hydrogen-bond donors (Lipinski definition) is 0. The van der Waals surface area contributed by atoms with Gasteiger partial charge in [-0.1, -0.05) is 60.7 Å². The van der Waals surface area contributed by atoms with Gasteiger partial charge in [0.15, 0.2) is 5.69 Å². The van der Waals surface area contributed by atoms with Crippen molar-refractivity contribution in [2.24, 2.45) is 0 Å². The summed E-state index contributed by atoms with van der Waals surface area (Å²) in [5.41, 5.74) is 4.65. The highest BCUT2D eigenvalue weighted by Crippen LogP contribution is 2.24. The van der Waals surface area contributed by atoms with Gasteiger partial charge in [-0.05, 0) is 17.7 Å². The van der Waals surface area contributed by atoms with Crippen molar-refractivity contribution in [3.05, 3.63) is 84.2 Å². The molecule has 0 spiro atoms. The van der Waals surface area contributed by atoms with Crippen LogP contribution in [0.4, 0.5) is 5.69 Å². The molecule has 0 saturated heterocycles. The molecule has 0 aliphatic carbocycles. The predicted octanol–water partition coefficient (Wildman–Crippen LogP) is 4.97. The Hall–Kier alpha value is -2.92. The number of rotatable bonds is 2. The molecule has 0 bridgehead atoms. The smallest absolute Gasteiger partial charge is 0.187 e. The fourth-order valence-corrected chi connectivity index (χ4v) is 2.07. The zero-order valence-electron chi connectivity index (χ0n) is 10.8. The predicted molar refractivity (Wildman–Crippen MR) is 81.4 cm³/mol. The highest BCUT2D eigenvalue weighted by atomic mass is 14.7. The molecule has 94 valence electrons. The quantitative estimate of drug-likeness (QED) is 0.592. The number of pyridine rings is 1. The van der Waals surface area contributed by atoms with E-state index >= 15 is 0 Å². The van der Waals surface area contributed by atoms with Crippen molar-refractivity contribution < 1.29 is 0 Å². The van der Waals surface area contributed by atoms with Crippen LogP contribution in [0.2, 0.25) is 0 Å². The minimum Gasteiger partial charge on any atom is -0.248 e. The average Bonchev–Trinajstić information content (AvgIpc) is 2.56. The third-order valence-electron chi connectivity index (χ3n) is 3.11. The Morgan fingerprint density at radius 1 is 0.650 bits per heavy atom. The molecule has 0 N–H and O–H groups in total. The Labute approximate surface area is 118 Å². The second-order valence-corrected chi connectivity index (χ2v) is 4.43. The molecule has 3 aromatic rings. The lowest BCUT2D eigenvalue weighted by molar-refractivity contribution is 1.32. The van der Waals surface area contributed by atoms with Gasteiger partial charge in [-0.15, -0.1) is 0 Å². The SMILES string of the molecule is [C-]#[N+]c1ccc(-c2cccc(-c3ccccc3)n2)cc1. The molecule has 2 nitrogen and oxygen atoms in total. The van der Waals surface area contributed by atoms with Crippen LogP contribution in [0.5, 0.6) is 0 Å². The zero-order chi connectivity index (χ0) is 13.8. The summed E-state index contributed by atoms with van der Waals surface area (Å²) in [7, 11) is 0. The van der Waals surface area contributed by atoms with E-state index in [1.165, 1.54) is 0 Å². The third-order valence-corrected chi connectivity index (χ3v) is 3.11. The van der Waals surface area contributed by atoms with Gasteiger partial charge < -0.3 is 0 Å². The molecule has 20 heavy (non-hydrogen) atoms. The first-order chi connectivity index (χ1) is 9.86. The van der Waals surface area contributed by atoms with Crippen molar-refractivity contribution in [2.45, 2.75) is 0 Å². The Bertz CT molecular complexity index is 753. The number of benzene rings is 2. The molecular weight excluding hydrogens is 244 g/mol. The van der Waals surface area contributed by atoms with Crippen LogP contribution in [0.25, 0.3) is 27.4 Å². The van der Waals surface area contributed by atoms with Crippen LogP contribution in [0.15, 0.2) is 72.8 Å². The molecule has 0 atom stereocenters. The maximum absolute atomic E-state index is 6.97. The summed E-state index contributed by atoms with van der Waals surface area (Å²) < 4.78 is 0. The number of hydrogen-bond acceptors (Lipinski definition) is 1. The topological polar surface area (TPSA) is 17.2 Å². The van der Waals surface area contributed by atoms with Crippen molar-refractivity contribution in [2.75, 3.05) is 0 Å². The van der Waals surface area contributed by atoms with Gasteiger partial charge in [-0.2, -0.15) is 0 Å². The van der Waals surface area contributed by atoms with E-state index in [0.29, 0.717) is 5.69 Å². The van der Waals surface area contributed by atoms with Gasteiger partial charge in [0, 0.05) is 5.56 Å². The molecule has 2 aromatic carbocycles. The molecule has 0 saturated carbocycles. The Kier molecular flexibility index (Phi) is 3.26. The lowest BCUT2D eigenvalue weighted by Crippen LogP contribution is -1.87. The summed E-state index contributed by atoms with van der Waals surface area (Å²) in [5, 5.41) is 0. The van der Waals surface area contributed by atoms with Crippen molar-refractivity contribution in [3.8, 4) is 22.5 Å². The molecule has 0 aliphatic heterocycles. The summed E-state index contributed by atoms with van der Waals surface area (Å²) in [6.07, 6.45) is 0. The second-order valence-electron chi connectivity index (χ2n) is 4.43. The summed E-state index contributed by atoms with van der Waals surface area (Å²) in [5.74, 6) is 0. The maximum Gasteiger partial charge on any atom is 0.187 e. The minimum atomic E-state index is 0.646. The van der Waals surface area contributed by atoms with Crippen molar-refractivity contribution in [1.82, 2.24) is 4.98 Å². The van der Waals surface area contributed by atoms with Gasteiger partial charge in [0.25, 0.3) is 0 Å².